The molecular weight excluding hydrogens is 298 g/mol. The van der Waals surface area contributed by atoms with Gasteiger partial charge >= 0.3 is 0 Å². The predicted octanol–water partition coefficient (Wildman–Crippen LogP) is 3.78. The molecule has 2 aliphatic heterocycles. The zero-order valence-electron chi connectivity index (χ0n) is 14.1. The fraction of sp³-hybridized carbons (Fsp3) is 0.550. The van der Waals surface area contributed by atoms with Crippen molar-refractivity contribution in [2.24, 2.45) is 16.1 Å². The van der Waals surface area contributed by atoms with Gasteiger partial charge in [-0.3, -0.25) is 4.79 Å². The van der Waals surface area contributed by atoms with E-state index in [-0.39, 0.29) is 5.91 Å². The number of nitrogens with zero attached hydrogens (tertiary/aromatic N) is 3. The van der Waals surface area contributed by atoms with E-state index in [9.17, 15) is 4.79 Å². The lowest BCUT2D eigenvalue weighted by Crippen LogP contribution is -2.54. The summed E-state index contributed by atoms with van der Waals surface area (Å²) >= 11 is 0. The zero-order valence-corrected chi connectivity index (χ0v) is 14.1. The molecule has 3 atom stereocenters. The number of hydrogen-bond acceptors (Lipinski definition) is 3. The van der Waals surface area contributed by atoms with Crippen molar-refractivity contribution in [3.05, 3.63) is 35.9 Å². The maximum absolute atomic E-state index is 13.0. The van der Waals surface area contributed by atoms with Gasteiger partial charge in [-0.25, -0.2) is 0 Å². The Hall–Kier alpha value is -1.97. The Balaban J connectivity index is 1.58. The number of piperidine rings is 1. The summed E-state index contributed by atoms with van der Waals surface area (Å²) in [5.41, 5.74) is 2.10. The van der Waals surface area contributed by atoms with Crippen molar-refractivity contribution in [3.8, 4) is 0 Å². The number of carbonyl (C=O) groups excluding carboxylic acids is 1. The highest BCUT2D eigenvalue weighted by atomic mass is 16.2. The molecule has 2 heterocycles. The van der Waals surface area contributed by atoms with Crippen LogP contribution in [0.4, 0.5) is 0 Å². The summed E-state index contributed by atoms with van der Waals surface area (Å²) in [4.78, 5) is 15.1. The van der Waals surface area contributed by atoms with Crippen molar-refractivity contribution in [3.63, 3.8) is 0 Å². The molecule has 1 saturated heterocycles. The second-order valence-corrected chi connectivity index (χ2v) is 7.20. The Morgan fingerprint density at radius 3 is 2.71 bits per heavy atom. The number of benzene rings is 1. The Bertz CT molecular complexity index is 652. The molecule has 1 aromatic carbocycles. The number of fused-ring (bicyclic) bond motifs is 1. The fourth-order valence-corrected chi connectivity index (χ4v) is 4.76. The molecule has 4 heteroatoms. The molecule has 0 spiro atoms. The summed E-state index contributed by atoms with van der Waals surface area (Å²) in [6.07, 6.45) is 9.32. The molecule has 1 aliphatic carbocycles. The molecule has 3 aliphatic rings. The van der Waals surface area contributed by atoms with Gasteiger partial charge in [0.1, 0.15) is 5.71 Å². The van der Waals surface area contributed by atoms with Crippen LogP contribution >= 0.6 is 0 Å². The Morgan fingerprint density at radius 1 is 1.08 bits per heavy atom. The molecule has 0 radical (unpaired) electrons. The van der Waals surface area contributed by atoms with Gasteiger partial charge in [-0.15, -0.1) is 0 Å². The highest BCUT2D eigenvalue weighted by Gasteiger charge is 2.42. The van der Waals surface area contributed by atoms with Gasteiger partial charge in [0.15, 0.2) is 0 Å². The topological polar surface area (TPSA) is 45.0 Å². The van der Waals surface area contributed by atoms with Gasteiger partial charge in [-0.1, -0.05) is 43.2 Å². The minimum atomic E-state index is 0.135. The van der Waals surface area contributed by atoms with E-state index in [1.165, 1.54) is 24.8 Å². The Morgan fingerprint density at radius 2 is 1.92 bits per heavy atom. The first-order valence-electron chi connectivity index (χ1n) is 9.29. The molecule has 1 amide bonds. The number of rotatable bonds is 2. The fourth-order valence-electron chi connectivity index (χ4n) is 4.76. The first-order valence-corrected chi connectivity index (χ1v) is 9.29. The van der Waals surface area contributed by atoms with Gasteiger partial charge in [0.2, 0.25) is 0 Å². The normalized spacial score (nSPS) is 29.8. The third kappa shape index (κ3) is 2.90. The standard InChI is InChI=1S/C20H25N3O/c24-20(18-10-6-13-21-22-18)23-14-12-16(15-7-2-1-3-8-15)17-9-4-5-11-19(17)23/h1-3,7-8,13,16-17,19H,4-6,9-12,14H2/t16-,17-,19-/m1/s1. The van der Waals surface area contributed by atoms with E-state index in [0.29, 0.717) is 23.6 Å². The van der Waals surface area contributed by atoms with Crippen molar-refractivity contribution in [1.82, 2.24) is 4.90 Å². The van der Waals surface area contributed by atoms with Gasteiger partial charge in [0, 0.05) is 25.2 Å². The smallest absolute Gasteiger partial charge is 0.270 e. The monoisotopic (exact) mass is 323 g/mol. The highest BCUT2D eigenvalue weighted by Crippen LogP contribution is 2.44. The van der Waals surface area contributed by atoms with Gasteiger partial charge in [0.05, 0.1) is 0 Å². The van der Waals surface area contributed by atoms with Crippen molar-refractivity contribution in [2.45, 2.75) is 56.9 Å². The van der Waals surface area contributed by atoms with Crippen LogP contribution in [-0.4, -0.2) is 35.3 Å². The Kier molecular flexibility index (Phi) is 4.46. The molecule has 0 bridgehead atoms. The highest BCUT2D eigenvalue weighted by molar-refractivity contribution is 6.39. The number of hydrogen-bond donors (Lipinski definition) is 0. The first-order chi connectivity index (χ1) is 11.8. The predicted molar refractivity (Wildman–Crippen MR) is 96.4 cm³/mol. The molecule has 0 unspecified atom stereocenters. The summed E-state index contributed by atoms with van der Waals surface area (Å²) in [6.45, 7) is 0.849. The molecular formula is C20H25N3O. The van der Waals surface area contributed by atoms with E-state index in [2.05, 4.69) is 45.4 Å². The zero-order chi connectivity index (χ0) is 16.4. The molecule has 126 valence electrons. The summed E-state index contributed by atoms with van der Waals surface area (Å²) in [6, 6.07) is 11.3. The molecule has 0 aromatic heterocycles. The minimum absolute atomic E-state index is 0.135. The lowest BCUT2D eigenvalue weighted by Gasteiger charge is -2.48. The van der Waals surface area contributed by atoms with Crippen LogP contribution in [0.2, 0.25) is 0 Å². The van der Waals surface area contributed by atoms with E-state index in [0.717, 1.165) is 32.2 Å². The second-order valence-electron chi connectivity index (χ2n) is 7.20. The van der Waals surface area contributed by atoms with Crippen LogP contribution in [0.25, 0.3) is 0 Å². The quantitative estimate of drug-likeness (QED) is 0.817. The van der Waals surface area contributed by atoms with Crippen LogP contribution in [0.15, 0.2) is 40.5 Å². The van der Waals surface area contributed by atoms with Crippen molar-refractivity contribution >= 4 is 17.8 Å². The largest absolute Gasteiger partial charge is 0.334 e. The summed E-state index contributed by atoms with van der Waals surface area (Å²) in [5.74, 6) is 1.31. The second kappa shape index (κ2) is 6.88. The number of likely N-dealkylation sites (tertiary alicyclic amines) is 1. The van der Waals surface area contributed by atoms with E-state index >= 15 is 0 Å². The van der Waals surface area contributed by atoms with E-state index < -0.39 is 0 Å². The minimum Gasteiger partial charge on any atom is -0.334 e. The van der Waals surface area contributed by atoms with Gasteiger partial charge in [-0.05, 0) is 43.1 Å². The van der Waals surface area contributed by atoms with Gasteiger partial charge in [0.25, 0.3) is 5.91 Å². The molecule has 2 fully saturated rings. The molecule has 24 heavy (non-hydrogen) atoms. The average Bonchev–Trinajstić information content (AvgIpc) is 2.68. The summed E-state index contributed by atoms with van der Waals surface area (Å²) in [5, 5.41) is 8.07. The van der Waals surface area contributed by atoms with Crippen LogP contribution in [0.1, 0.15) is 56.4 Å². The van der Waals surface area contributed by atoms with Crippen LogP contribution in [0.5, 0.6) is 0 Å². The lowest BCUT2D eigenvalue weighted by molar-refractivity contribution is -0.130. The summed E-state index contributed by atoms with van der Waals surface area (Å²) in [7, 11) is 0. The van der Waals surface area contributed by atoms with Crippen LogP contribution in [0.3, 0.4) is 0 Å². The van der Waals surface area contributed by atoms with Crippen molar-refractivity contribution in [1.29, 1.82) is 0 Å². The van der Waals surface area contributed by atoms with Crippen LogP contribution in [0, 0.1) is 5.92 Å². The average molecular weight is 323 g/mol. The van der Waals surface area contributed by atoms with Gasteiger partial charge < -0.3 is 4.90 Å². The molecule has 4 rings (SSSR count). The van der Waals surface area contributed by atoms with Crippen LogP contribution < -0.4 is 0 Å². The first kappa shape index (κ1) is 15.6. The van der Waals surface area contributed by atoms with Crippen molar-refractivity contribution < 1.29 is 4.79 Å². The SMILES string of the molecule is O=C(C1=NN=CCC1)N1CC[C@H](c2ccccc2)[C@H]2CCCC[C@H]21. The van der Waals surface area contributed by atoms with E-state index in [1.807, 2.05) is 0 Å². The third-order valence-electron chi connectivity index (χ3n) is 5.89. The van der Waals surface area contributed by atoms with E-state index in [1.54, 1.807) is 6.21 Å². The number of carbonyl (C=O) groups is 1. The Labute approximate surface area is 143 Å². The molecule has 1 saturated carbocycles. The molecule has 1 aromatic rings. The summed E-state index contributed by atoms with van der Waals surface area (Å²) < 4.78 is 0. The molecule has 0 N–H and O–H groups in total. The van der Waals surface area contributed by atoms with Crippen molar-refractivity contribution in [2.75, 3.05) is 6.54 Å². The maximum atomic E-state index is 13.0. The number of amides is 1. The maximum Gasteiger partial charge on any atom is 0.270 e. The van der Waals surface area contributed by atoms with Gasteiger partial charge in [-0.2, -0.15) is 10.2 Å². The van der Waals surface area contributed by atoms with Crippen LogP contribution in [-0.2, 0) is 4.79 Å². The van der Waals surface area contributed by atoms with E-state index in [4.69, 9.17) is 0 Å². The third-order valence-corrected chi connectivity index (χ3v) is 5.89. The lowest BCUT2D eigenvalue weighted by atomic mass is 9.69. The molecule has 4 nitrogen and oxygen atoms in total.